The molecule has 0 fully saturated rings. The van der Waals surface area contributed by atoms with Gasteiger partial charge in [-0.05, 0) is 38.0 Å². The van der Waals surface area contributed by atoms with Crippen LogP contribution in [0.25, 0.3) is 0 Å². The van der Waals surface area contributed by atoms with E-state index in [4.69, 9.17) is 14.3 Å². The van der Waals surface area contributed by atoms with Crippen LogP contribution in [-0.2, 0) is 13.1 Å². The van der Waals surface area contributed by atoms with Crippen LogP contribution in [0.5, 0.6) is 5.75 Å². The normalized spacial score (nSPS) is 12.3. The lowest BCUT2D eigenvalue weighted by Crippen LogP contribution is -2.31. The highest BCUT2D eigenvalue weighted by molar-refractivity contribution is 5.84. The van der Waals surface area contributed by atoms with Crippen molar-refractivity contribution >= 4 is 5.97 Å². The zero-order valence-corrected chi connectivity index (χ0v) is 14.4. The average molecular weight is 332 g/mol. The number of ether oxygens (including phenoxy) is 1. The first-order valence-electron chi connectivity index (χ1n) is 8.17. The van der Waals surface area contributed by atoms with Gasteiger partial charge in [-0.25, -0.2) is 9.78 Å². The molecule has 1 aromatic heterocycles. The minimum absolute atomic E-state index is 0.0600. The number of nitrogens with zero attached hydrogens (tertiary/aromatic N) is 2. The van der Waals surface area contributed by atoms with Crippen LogP contribution in [-0.4, -0.2) is 33.6 Å². The third-order valence-corrected chi connectivity index (χ3v) is 3.94. The van der Waals surface area contributed by atoms with E-state index < -0.39 is 5.97 Å². The second kappa shape index (κ2) is 8.49. The van der Waals surface area contributed by atoms with Crippen molar-refractivity contribution < 1.29 is 19.1 Å². The predicted molar refractivity (Wildman–Crippen MR) is 90.1 cm³/mol. The Kier molecular flexibility index (Phi) is 6.37. The lowest BCUT2D eigenvalue weighted by Gasteiger charge is -2.27. The molecule has 130 valence electrons. The minimum Gasteiger partial charge on any atom is -0.494 e. The highest BCUT2D eigenvalue weighted by atomic mass is 16.5. The maximum absolute atomic E-state index is 10.9. The summed E-state index contributed by atoms with van der Waals surface area (Å²) in [6.07, 6.45) is 2.16. The van der Waals surface area contributed by atoms with Crippen molar-refractivity contribution in [1.29, 1.82) is 0 Å². The van der Waals surface area contributed by atoms with Crippen LogP contribution >= 0.6 is 0 Å². The molecular formula is C18H24N2O4. The van der Waals surface area contributed by atoms with Gasteiger partial charge in [0.25, 0.3) is 0 Å². The molecule has 0 aliphatic carbocycles. The molecule has 6 nitrogen and oxygen atoms in total. The van der Waals surface area contributed by atoms with E-state index in [2.05, 4.69) is 23.7 Å². The van der Waals surface area contributed by atoms with Crippen molar-refractivity contribution in [2.24, 2.45) is 0 Å². The number of carboxylic acid groups (broad SMARTS) is 1. The van der Waals surface area contributed by atoms with Crippen molar-refractivity contribution in [2.75, 3.05) is 6.61 Å². The number of aromatic nitrogens is 1. The van der Waals surface area contributed by atoms with Crippen molar-refractivity contribution in [3.05, 3.63) is 47.7 Å². The van der Waals surface area contributed by atoms with Gasteiger partial charge in [0.05, 0.1) is 13.2 Å². The van der Waals surface area contributed by atoms with Gasteiger partial charge in [-0.1, -0.05) is 19.1 Å². The molecule has 0 saturated heterocycles. The summed E-state index contributed by atoms with van der Waals surface area (Å²) in [5.74, 6) is 0.195. The summed E-state index contributed by atoms with van der Waals surface area (Å²) in [6.45, 7) is 8.06. The Balaban J connectivity index is 2.08. The van der Waals surface area contributed by atoms with Crippen molar-refractivity contribution in [3.63, 3.8) is 0 Å². The third-order valence-electron chi connectivity index (χ3n) is 3.94. The van der Waals surface area contributed by atoms with Gasteiger partial charge in [-0.2, -0.15) is 0 Å². The van der Waals surface area contributed by atoms with Gasteiger partial charge in [0.15, 0.2) is 5.69 Å². The Hall–Kier alpha value is -2.34. The Morgan fingerprint density at radius 3 is 2.54 bits per heavy atom. The number of benzene rings is 1. The third kappa shape index (κ3) is 4.83. The van der Waals surface area contributed by atoms with Crippen molar-refractivity contribution in [3.8, 4) is 5.75 Å². The van der Waals surface area contributed by atoms with Crippen molar-refractivity contribution in [2.45, 2.75) is 46.3 Å². The van der Waals surface area contributed by atoms with Crippen LogP contribution in [0, 0.1) is 0 Å². The van der Waals surface area contributed by atoms with Crippen molar-refractivity contribution in [1.82, 2.24) is 9.88 Å². The van der Waals surface area contributed by atoms with E-state index in [1.54, 1.807) is 0 Å². The lowest BCUT2D eigenvalue weighted by atomic mass is 10.1. The molecule has 6 heteroatoms. The molecule has 24 heavy (non-hydrogen) atoms. The largest absolute Gasteiger partial charge is 0.494 e. The maximum atomic E-state index is 10.9. The van der Waals surface area contributed by atoms with E-state index in [0.29, 0.717) is 25.1 Å². The summed E-state index contributed by atoms with van der Waals surface area (Å²) < 4.78 is 10.7. The first kappa shape index (κ1) is 18.0. The number of hydrogen-bond donors (Lipinski definition) is 1. The first-order valence-corrected chi connectivity index (χ1v) is 8.17. The Morgan fingerprint density at radius 1 is 1.29 bits per heavy atom. The monoisotopic (exact) mass is 332 g/mol. The topological polar surface area (TPSA) is 75.8 Å². The molecule has 1 heterocycles. The van der Waals surface area contributed by atoms with Crippen LogP contribution < -0.4 is 4.74 Å². The Morgan fingerprint density at radius 2 is 2.00 bits per heavy atom. The van der Waals surface area contributed by atoms with Gasteiger partial charge in [-0.15, -0.1) is 0 Å². The predicted octanol–water partition coefficient (Wildman–Crippen LogP) is 3.57. The van der Waals surface area contributed by atoms with E-state index >= 15 is 0 Å². The first-order chi connectivity index (χ1) is 11.5. The van der Waals surface area contributed by atoms with Gasteiger partial charge >= 0.3 is 5.97 Å². The van der Waals surface area contributed by atoms with Gasteiger partial charge in [0.1, 0.15) is 12.0 Å². The molecule has 0 bridgehead atoms. The highest BCUT2D eigenvalue weighted by Gasteiger charge is 2.18. The molecule has 0 radical (unpaired) electrons. The summed E-state index contributed by atoms with van der Waals surface area (Å²) in [6, 6.07) is 8.32. The summed E-state index contributed by atoms with van der Waals surface area (Å²) in [7, 11) is 0. The number of carbonyl (C=O) groups is 1. The minimum atomic E-state index is -1.08. The molecule has 0 aliphatic rings. The van der Waals surface area contributed by atoms with Crippen LogP contribution in [0.2, 0.25) is 0 Å². The number of hydrogen-bond acceptors (Lipinski definition) is 5. The molecule has 1 aromatic carbocycles. The summed E-state index contributed by atoms with van der Waals surface area (Å²) in [5, 5.41) is 8.94. The van der Waals surface area contributed by atoms with E-state index in [9.17, 15) is 4.79 Å². The zero-order chi connectivity index (χ0) is 17.5. The van der Waals surface area contributed by atoms with Gasteiger partial charge < -0.3 is 14.3 Å². The molecule has 0 amide bonds. The fraction of sp³-hybridized carbons (Fsp3) is 0.444. The lowest BCUT2D eigenvalue weighted by molar-refractivity contribution is 0.0690. The van der Waals surface area contributed by atoms with Gasteiger partial charge in [-0.3, -0.25) is 4.90 Å². The quantitative estimate of drug-likeness (QED) is 0.756. The maximum Gasteiger partial charge on any atom is 0.357 e. The van der Waals surface area contributed by atoms with Crippen LogP contribution in [0.4, 0.5) is 0 Å². The molecule has 1 atom stereocenters. The van der Waals surface area contributed by atoms with E-state index in [-0.39, 0.29) is 5.69 Å². The molecule has 2 aromatic rings. The fourth-order valence-electron chi connectivity index (χ4n) is 2.37. The van der Waals surface area contributed by atoms with E-state index in [1.165, 1.54) is 6.26 Å². The standard InChI is InChI=1S/C18H24N2O4/c1-4-13(3)20(11-17-19-16(12-24-17)18(21)22)10-14-6-8-15(9-7-14)23-5-2/h6-9,12-13H,4-5,10-11H2,1-3H3,(H,21,22). The molecule has 0 spiro atoms. The number of aromatic carboxylic acids is 1. The zero-order valence-electron chi connectivity index (χ0n) is 14.4. The Bertz CT molecular complexity index is 651. The molecule has 0 saturated carbocycles. The summed E-state index contributed by atoms with van der Waals surface area (Å²) in [5.41, 5.74) is 1.10. The fourth-order valence-corrected chi connectivity index (χ4v) is 2.37. The number of oxazole rings is 1. The van der Waals surface area contributed by atoms with E-state index in [0.717, 1.165) is 24.3 Å². The summed E-state index contributed by atoms with van der Waals surface area (Å²) in [4.78, 5) is 17.2. The number of carboxylic acids is 1. The summed E-state index contributed by atoms with van der Waals surface area (Å²) >= 11 is 0. The van der Waals surface area contributed by atoms with Gasteiger partial charge in [0, 0.05) is 12.6 Å². The smallest absolute Gasteiger partial charge is 0.357 e. The molecule has 2 rings (SSSR count). The SMILES string of the molecule is CCOc1ccc(CN(Cc2nc(C(=O)O)co2)C(C)CC)cc1. The molecular weight excluding hydrogens is 308 g/mol. The Labute approximate surface area is 142 Å². The average Bonchev–Trinajstić information content (AvgIpc) is 3.04. The van der Waals surface area contributed by atoms with Crippen LogP contribution in [0.15, 0.2) is 34.9 Å². The second-order valence-electron chi connectivity index (χ2n) is 5.67. The van der Waals surface area contributed by atoms with Gasteiger partial charge in [0.2, 0.25) is 5.89 Å². The van der Waals surface area contributed by atoms with E-state index in [1.807, 2.05) is 31.2 Å². The van der Waals surface area contributed by atoms with Crippen LogP contribution in [0.3, 0.4) is 0 Å². The number of rotatable bonds is 9. The van der Waals surface area contributed by atoms with Crippen LogP contribution in [0.1, 0.15) is 49.1 Å². The highest BCUT2D eigenvalue weighted by Crippen LogP contribution is 2.18. The molecule has 0 aliphatic heterocycles. The molecule has 1 N–H and O–H groups in total. The molecule has 1 unspecified atom stereocenters. The second-order valence-corrected chi connectivity index (χ2v) is 5.67.